The second-order valence-corrected chi connectivity index (χ2v) is 6.31. The van der Waals surface area contributed by atoms with Crippen molar-refractivity contribution in [3.63, 3.8) is 0 Å². The lowest BCUT2D eigenvalue weighted by atomic mass is 9.95. The Hall–Kier alpha value is -3.29. The molecule has 0 spiro atoms. The minimum atomic E-state index is -2.61. The monoisotopic (exact) mass is 402 g/mol. The zero-order chi connectivity index (χ0) is 20.8. The Labute approximate surface area is 166 Å². The number of hydrogen-bond donors (Lipinski definition) is 0. The van der Waals surface area contributed by atoms with Gasteiger partial charge in [-0.15, -0.1) is 0 Å². The van der Waals surface area contributed by atoms with E-state index in [1.807, 2.05) is 19.1 Å². The van der Waals surface area contributed by atoms with Crippen LogP contribution in [0.25, 0.3) is 11.5 Å². The van der Waals surface area contributed by atoms with Crippen LogP contribution in [0.5, 0.6) is 11.5 Å². The molecule has 1 atom stereocenters. The molecule has 0 radical (unpaired) electrons. The van der Waals surface area contributed by atoms with Crippen molar-refractivity contribution in [2.45, 2.75) is 25.7 Å². The molecule has 0 N–H and O–H groups in total. The van der Waals surface area contributed by atoms with E-state index in [1.165, 1.54) is 19.4 Å². The summed E-state index contributed by atoms with van der Waals surface area (Å²) in [6.45, 7) is 1.16. The van der Waals surface area contributed by atoms with Crippen molar-refractivity contribution in [1.29, 1.82) is 0 Å². The fraction of sp³-hybridized carbons (Fsp3) is 0.286. The van der Waals surface area contributed by atoms with E-state index in [0.29, 0.717) is 17.0 Å². The molecule has 1 aromatic carbocycles. The second-order valence-electron chi connectivity index (χ2n) is 6.31. The highest BCUT2D eigenvalue weighted by molar-refractivity contribution is 5.60. The lowest BCUT2D eigenvalue weighted by Gasteiger charge is -2.13. The Morgan fingerprint density at radius 2 is 2.07 bits per heavy atom. The average molecular weight is 402 g/mol. The van der Waals surface area contributed by atoms with Gasteiger partial charge in [0.15, 0.2) is 11.5 Å². The largest absolute Gasteiger partial charge is 0.493 e. The SMILES string of the molecule is COc1ccc(-c2nc(C(CC=O)c3ncccc3C)co2)cc1OCC(F)F. The topological polar surface area (TPSA) is 74.5 Å². The Kier molecular flexibility index (Phi) is 6.54. The predicted octanol–water partition coefficient (Wildman–Crippen LogP) is 4.42. The molecule has 2 heterocycles. The van der Waals surface area contributed by atoms with Gasteiger partial charge in [0, 0.05) is 18.2 Å². The van der Waals surface area contributed by atoms with Crippen LogP contribution in [0.3, 0.4) is 0 Å². The third-order valence-corrected chi connectivity index (χ3v) is 4.37. The van der Waals surface area contributed by atoms with E-state index in [-0.39, 0.29) is 24.0 Å². The molecule has 0 aliphatic carbocycles. The highest BCUT2D eigenvalue weighted by atomic mass is 19.3. The first kappa shape index (κ1) is 20.4. The maximum Gasteiger partial charge on any atom is 0.272 e. The number of ether oxygens (including phenoxy) is 2. The van der Waals surface area contributed by atoms with Gasteiger partial charge in [-0.1, -0.05) is 6.07 Å². The first-order valence-electron chi connectivity index (χ1n) is 8.93. The van der Waals surface area contributed by atoms with E-state index in [2.05, 4.69) is 9.97 Å². The number of carbonyl (C=O) groups is 1. The number of aldehydes is 1. The number of halogens is 2. The summed E-state index contributed by atoms with van der Waals surface area (Å²) in [5.74, 6) is 0.409. The molecule has 0 saturated carbocycles. The maximum atomic E-state index is 12.5. The predicted molar refractivity (Wildman–Crippen MR) is 101 cm³/mol. The number of methoxy groups -OCH3 is 1. The first-order valence-corrected chi connectivity index (χ1v) is 8.93. The van der Waals surface area contributed by atoms with Crippen LogP contribution in [0.15, 0.2) is 47.2 Å². The molecule has 0 fully saturated rings. The van der Waals surface area contributed by atoms with Gasteiger partial charge in [0.2, 0.25) is 5.89 Å². The van der Waals surface area contributed by atoms with E-state index < -0.39 is 13.0 Å². The van der Waals surface area contributed by atoms with Crippen molar-refractivity contribution in [3.8, 4) is 23.0 Å². The number of pyridine rings is 1. The van der Waals surface area contributed by atoms with E-state index in [9.17, 15) is 13.6 Å². The zero-order valence-corrected chi connectivity index (χ0v) is 16.0. The third-order valence-electron chi connectivity index (χ3n) is 4.37. The van der Waals surface area contributed by atoms with Crippen LogP contribution in [0.1, 0.15) is 29.3 Å². The van der Waals surface area contributed by atoms with Crippen molar-refractivity contribution in [2.75, 3.05) is 13.7 Å². The van der Waals surface area contributed by atoms with E-state index in [0.717, 1.165) is 17.5 Å². The summed E-state index contributed by atoms with van der Waals surface area (Å²) in [6.07, 6.45) is 1.55. The Morgan fingerprint density at radius 1 is 1.24 bits per heavy atom. The smallest absolute Gasteiger partial charge is 0.272 e. The average Bonchev–Trinajstić information content (AvgIpc) is 3.21. The number of nitrogens with zero attached hydrogens (tertiary/aromatic N) is 2. The summed E-state index contributed by atoms with van der Waals surface area (Å²) in [5.41, 5.74) is 2.77. The van der Waals surface area contributed by atoms with Crippen LogP contribution in [0, 0.1) is 6.92 Å². The molecule has 2 aromatic heterocycles. The number of aromatic nitrogens is 2. The molecule has 0 amide bonds. The van der Waals surface area contributed by atoms with Gasteiger partial charge in [-0.25, -0.2) is 13.8 Å². The summed E-state index contributed by atoms with van der Waals surface area (Å²) < 4.78 is 40.9. The Balaban J connectivity index is 1.93. The number of carbonyl (C=O) groups excluding carboxylic acids is 1. The van der Waals surface area contributed by atoms with E-state index in [1.54, 1.807) is 18.3 Å². The molecule has 152 valence electrons. The molecular weight excluding hydrogens is 382 g/mol. The van der Waals surface area contributed by atoms with Crippen molar-refractivity contribution in [3.05, 3.63) is 59.7 Å². The maximum absolute atomic E-state index is 12.5. The van der Waals surface area contributed by atoms with Gasteiger partial charge in [-0.05, 0) is 36.8 Å². The summed E-state index contributed by atoms with van der Waals surface area (Å²) in [7, 11) is 1.42. The summed E-state index contributed by atoms with van der Waals surface area (Å²) >= 11 is 0. The molecule has 6 nitrogen and oxygen atoms in total. The molecule has 0 aliphatic heterocycles. The summed E-state index contributed by atoms with van der Waals surface area (Å²) in [5, 5.41) is 0. The van der Waals surface area contributed by atoms with E-state index in [4.69, 9.17) is 13.9 Å². The summed E-state index contributed by atoms with van der Waals surface area (Å²) in [6, 6.07) is 8.54. The zero-order valence-electron chi connectivity index (χ0n) is 16.0. The highest BCUT2D eigenvalue weighted by Crippen LogP contribution is 2.34. The third kappa shape index (κ3) is 4.77. The fourth-order valence-electron chi connectivity index (χ4n) is 2.99. The number of aryl methyl sites for hydroxylation is 1. The molecule has 3 aromatic rings. The fourth-order valence-corrected chi connectivity index (χ4v) is 2.99. The highest BCUT2D eigenvalue weighted by Gasteiger charge is 2.22. The van der Waals surface area contributed by atoms with Crippen LogP contribution < -0.4 is 9.47 Å². The Morgan fingerprint density at radius 3 is 2.76 bits per heavy atom. The van der Waals surface area contributed by atoms with Gasteiger partial charge < -0.3 is 18.7 Å². The summed E-state index contributed by atoms with van der Waals surface area (Å²) in [4.78, 5) is 20.1. The number of alkyl halides is 2. The van der Waals surface area contributed by atoms with Crippen LogP contribution in [-0.4, -0.2) is 36.4 Å². The number of hydrogen-bond acceptors (Lipinski definition) is 6. The van der Waals surface area contributed by atoms with Gasteiger partial charge >= 0.3 is 0 Å². The minimum absolute atomic E-state index is 0.162. The normalized spacial score (nSPS) is 12.0. The van der Waals surface area contributed by atoms with Gasteiger partial charge in [0.05, 0.1) is 24.4 Å². The van der Waals surface area contributed by atoms with Crippen molar-refractivity contribution >= 4 is 6.29 Å². The second kappa shape index (κ2) is 9.27. The van der Waals surface area contributed by atoms with Crippen molar-refractivity contribution in [1.82, 2.24) is 9.97 Å². The van der Waals surface area contributed by atoms with Crippen LogP contribution >= 0.6 is 0 Å². The molecule has 29 heavy (non-hydrogen) atoms. The number of rotatable bonds is 9. The lowest BCUT2D eigenvalue weighted by molar-refractivity contribution is -0.108. The lowest BCUT2D eigenvalue weighted by Crippen LogP contribution is -2.08. The quantitative estimate of drug-likeness (QED) is 0.494. The molecule has 0 saturated heterocycles. The molecule has 1 unspecified atom stereocenters. The van der Waals surface area contributed by atoms with Gasteiger partial charge in [0.25, 0.3) is 6.43 Å². The molecule has 8 heteroatoms. The van der Waals surface area contributed by atoms with E-state index >= 15 is 0 Å². The molecule has 0 aliphatic rings. The van der Waals surface area contributed by atoms with Crippen LogP contribution in [0.2, 0.25) is 0 Å². The first-order chi connectivity index (χ1) is 14.0. The van der Waals surface area contributed by atoms with Gasteiger partial charge in [0.1, 0.15) is 19.2 Å². The molecular formula is C21H20F2N2O4. The van der Waals surface area contributed by atoms with Crippen LogP contribution in [0.4, 0.5) is 8.78 Å². The standard InChI is InChI=1S/C21H20F2N2O4/c1-13-4-3-8-24-20(13)15(7-9-26)16-11-29-21(25-16)14-5-6-17(27-2)18(10-14)28-12-19(22)23/h3-6,8-11,15,19H,7,12H2,1-2H3. The Bertz CT molecular complexity index is 975. The number of benzene rings is 1. The molecule has 0 bridgehead atoms. The minimum Gasteiger partial charge on any atom is -0.493 e. The molecule has 3 rings (SSSR count). The van der Waals surface area contributed by atoms with Gasteiger partial charge in [-0.2, -0.15) is 0 Å². The number of oxazole rings is 1. The van der Waals surface area contributed by atoms with Crippen LogP contribution in [-0.2, 0) is 4.79 Å². The van der Waals surface area contributed by atoms with Crippen molar-refractivity contribution < 1.29 is 27.5 Å². The van der Waals surface area contributed by atoms with Crippen molar-refractivity contribution in [2.24, 2.45) is 0 Å². The van der Waals surface area contributed by atoms with Gasteiger partial charge in [-0.3, -0.25) is 4.98 Å².